The topological polar surface area (TPSA) is 139 Å². The van der Waals surface area contributed by atoms with Crippen molar-refractivity contribution in [2.45, 2.75) is 64.1 Å². The Hall–Kier alpha value is -4.52. The summed E-state index contributed by atoms with van der Waals surface area (Å²) in [5.74, 6) is -1.15. The van der Waals surface area contributed by atoms with E-state index in [0.29, 0.717) is 17.7 Å². The summed E-state index contributed by atoms with van der Waals surface area (Å²) < 4.78 is 47.8. The van der Waals surface area contributed by atoms with Crippen molar-refractivity contribution in [1.82, 2.24) is 10.2 Å². The summed E-state index contributed by atoms with van der Waals surface area (Å²) in [6.45, 7) is 6.12. The SMILES string of the molecule is CC[C@H](C)NC(=O)[C@H](CC)N(Cc1ccc(F)cc1)C(=O)CN(c1ccc(OC)cc1)S(=O)(=O)c1ccc(C)c([N+](=O)[O-])c1. The molecule has 1 N–H and O–H groups in total. The second-order valence-corrected chi connectivity index (χ2v) is 12.2. The molecule has 0 bridgehead atoms. The van der Waals surface area contributed by atoms with Crippen molar-refractivity contribution in [2.75, 3.05) is 18.0 Å². The highest BCUT2D eigenvalue weighted by molar-refractivity contribution is 7.92. The van der Waals surface area contributed by atoms with E-state index < -0.39 is 50.9 Å². The van der Waals surface area contributed by atoms with Crippen molar-refractivity contribution in [3.05, 3.63) is 93.8 Å². The van der Waals surface area contributed by atoms with Gasteiger partial charge in [-0.1, -0.05) is 32.0 Å². The lowest BCUT2D eigenvalue weighted by molar-refractivity contribution is -0.385. The third-order valence-corrected chi connectivity index (χ3v) is 9.03. The summed E-state index contributed by atoms with van der Waals surface area (Å²) in [6, 6.07) is 13.7. The second-order valence-electron chi connectivity index (χ2n) is 10.3. The van der Waals surface area contributed by atoms with Crippen LogP contribution in [0.1, 0.15) is 44.7 Å². The molecule has 11 nitrogen and oxygen atoms in total. The fraction of sp³-hybridized carbons (Fsp3) is 0.355. The van der Waals surface area contributed by atoms with Gasteiger partial charge in [-0.05, 0) is 74.7 Å². The lowest BCUT2D eigenvalue weighted by Gasteiger charge is -2.33. The molecule has 0 aliphatic heterocycles. The summed E-state index contributed by atoms with van der Waals surface area (Å²) >= 11 is 0. The zero-order valence-corrected chi connectivity index (χ0v) is 26.1. The number of methoxy groups -OCH3 is 1. The van der Waals surface area contributed by atoms with Crippen molar-refractivity contribution in [2.24, 2.45) is 0 Å². The Kier molecular flexibility index (Phi) is 11.4. The van der Waals surface area contributed by atoms with Gasteiger partial charge in [-0.25, -0.2) is 12.8 Å². The maximum absolute atomic E-state index is 14.1. The number of hydrogen-bond donors (Lipinski definition) is 1. The number of amides is 2. The number of hydrogen-bond acceptors (Lipinski definition) is 7. The van der Waals surface area contributed by atoms with Crippen LogP contribution in [-0.4, -0.2) is 55.8 Å². The molecule has 0 fully saturated rings. The van der Waals surface area contributed by atoms with E-state index in [0.717, 1.165) is 10.4 Å². The van der Waals surface area contributed by atoms with Crippen LogP contribution < -0.4 is 14.4 Å². The van der Waals surface area contributed by atoms with Crippen LogP contribution >= 0.6 is 0 Å². The Morgan fingerprint density at radius 3 is 2.20 bits per heavy atom. The Bertz CT molecular complexity index is 1580. The molecular formula is C31H37FN4O7S. The predicted molar refractivity (Wildman–Crippen MR) is 164 cm³/mol. The number of sulfonamides is 1. The van der Waals surface area contributed by atoms with E-state index in [4.69, 9.17) is 4.74 Å². The number of nitrogens with one attached hydrogen (secondary N) is 1. The molecule has 0 aromatic heterocycles. The van der Waals surface area contributed by atoms with E-state index in [1.54, 1.807) is 6.92 Å². The number of aryl methyl sites for hydroxylation is 1. The van der Waals surface area contributed by atoms with Gasteiger partial charge in [0.2, 0.25) is 11.8 Å². The molecule has 2 amide bonds. The zero-order valence-electron chi connectivity index (χ0n) is 25.3. The van der Waals surface area contributed by atoms with Gasteiger partial charge in [0.15, 0.2) is 0 Å². The Morgan fingerprint density at radius 1 is 1.02 bits per heavy atom. The number of nitrogens with zero attached hydrogens (tertiary/aromatic N) is 3. The fourth-order valence-electron chi connectivity index (χ4n) is 4.50. The maximum Gasteiger partial charge on any atom is 0.273 e. The quantitative estimate of drug-likeness (QED) is 0.196. The molecule has 3 rings (SSSR count). The zero-order chi connectivity index (χ0) is 32.6. The van der Waals surface area contributed by atoms with Crippen LogP contribution in [0.4, 0.5) is 15.8 Å². The standard InChI is InChI=1S/C31H37FN4O7S/c1-6-22(4)33-31(38)28(7-2)34(19-23-9-11-24(32)12-10-23)30(37)20-35(25-13-15-26(43-5)16-14-25)44(41,42)27-17-8-21(3)29(18-27)36(39)40/h8-18,22,28H,6-7,19-20H2,1-5H3,(H,33,38)/t22-,28-/m0/s1. The van der Waals surface area contributed by atoms with E-state index in [9.17, 15) is 32.5 Å². The van der Waals surface area contributed by atoms with Gasteiger partial charge in [-0.2, -0.15) is 0 Å². The van der Waals surface area contributed by atoms with Crippen LogP contribution in [0.3, 0.4) is 0 Å². The monoisotopic (exact) mass is 628 g/mol. The normalized spacial score (nSPS) is 12.6. The lowest BCUT2D eigenvalue weighted by Crippen LogP contribution is -2.53. The molecule has 13 heteroatoms. The van der Waals surface area contributed by atoms with E-state index in [-0.39, 0.29) is 35.2 Å². The molecule has 0 saturated carbocycles. The highest BCUT2D eigenvalue weighted by Crippen LogP contribution is 2.29. The first-order valence-electron chi connectivity index (χ1n) is 14.1. The number of nitro benzene ring substituents is 1. The van der Waals surface area contributed by atoms with Crippen LogP contribution in [0.25, 0.3) is 0 Å². The Balaban J connectivity index is 2.11. The molecule has 0 aliphatic rings. The average Bonchev–Trinajstić information content (AvgIpc) is 3.00. The number of rotatable bonds is 14. The first kappa shape index (κ1) is 34.0. The first-order chi connectivity index (χ1) is 20.8. The minimum absolute atomic E-state index is 0.0983. The molecular weight excluding hydrogens is 591 g/mol. The summed E-state index contributed by atoms with van der Waals surface area (Å²) in [6.07, 6.45) is 0.870. The van der Waals surface area contributed by atoms with Crippen molar-refractivity contribution >= 4 is 33.2 Å². The highest BCUT2D eigenvalue weighted by atomic mass is 32.2. The molecule has 3 aromatic rings. The van der Waals surface area contributed by atoms with Gasteiger partial charge in [0.05, 0.1) is 22.6 Å². The van der Waals surface area contributed by atoms with Crippen LogP contribution in [0.2, 0.25) is 0 Å². The molecule has 0 aliphatic carbocycles. The summed E-state index contributed by atoms with van der Waals surface area (Å²) in [5, 5.41) is 14.5. The maximum atomic E-state index is 14.1. The number of nitro groups is 1. The molecule has 0 spiro atoms. The summed E-state index contributed by atoms with van der Waals surface area (Å²) in [5.41, 5.74) is 0.506. The number of ether oxygens (including phenoxy) is 1. The second kappa shape index (κ2) is 14.8. The van der Waals surface area contributed by atoms with E-state index in [1.165, 1.54) is 79.6 Å². The van der Waals surface area contributed by atoms with Gasteiger partial charge in [-0.15, -0.1) is 0 Å². The summed E-state index contributed by atoms with van der Waals surface area (Å²) in [7, 11) is -3.09. The van der Waals surface area contributed by atoms with Gasteiger partial charge in [0, 0.05) is 24.2 Å². The van der Waals surface area contributed by atoms with Crippen LogP contribution in [-0.2, 0) is 26.2 Å². The van der Waals surface area contributed by atoms with Crippen molar-refractivity contribution in [3.8, 4) is 5.75 Å². The molecule has 2 atom stereocenters. The Morgan fingerprint density at radius 2 is 1.66 bits per heavy atom. The molecule has 0 unspecified atom stereocenters. The van der Waals surface area contributed by atoms with Gasteiger partial charge >= 0.3 is 0 Å². The van der Waals surface area contributed by atoms with Gasteiger partial charge < -0.3 is 15.0 Å². The number of halogens is 1. The number of anilines is 1. The highest BCUT2D eigenvalue weighted by Gasteiger charge is 2.34. The van der Waals surface area contributed by atoms with Crippen molar-refractivity contribution in [1.29, 1.82) is 0 Å². The van der Waals surface area contributed by atoms with Crippen LogP contribution in [0.15, 0.2) is 71.6 Å². The molecule has 3 aromatic carbocycles. The first-order valence-corrected chi connectivity index (χ1v) is 15.5. The third-order valence-electron chi connectivity index (χ3n) is 7.26. The molecule has 0 saturated heterocycles. The van der Waals surface area contributed by atoms with E-state index >= 15 is 0 Å². The van der Waals surface area contributed by atoms with Gasteiger partial charge in [0.25, 0.3) is 15.7 Å². The predicted octanol–water partition coefficient (Wildman–Crippen LogP) is 4.97. The van der Waals surface area contributed by atoms with Crippen molar-refractivity contribution in [3.63, 3.8) is 0 Å². The fourth-order valence-corrected chi connectivity index (χ4v) is 5.93. The lowest BCUT2D eigenvalue weighted by atomic mass is 10.1. The molecule has 236 valence electrons. The largest absolute Gasteiger partial charge is 0.497 e. The van der Waals surface area contributed by atoms with Crippen LogP contribution in [0, 0.1) is 22.9 Å². The summed E-state index contributed by atoms with van der Waals surface area (Å²) in [4.78, 5) is 39.3. The minimum atomic E-state index is -4.54. The smallest absolute Gasteiger partial charge is 0.273 e. The number of benzene rings is 3. The minimum Gasteiger partial charge on any atom is -0.497 e. The van der Waals surface area contributed by atoms with Crippen LogP contribution in [0.5, 0.6) is 5.75 Å². The van der Waals surface area contributed by atoms with Gasteiger partial charge in [0.1, 0.15) is 24.2 Å². The van der Waals surface area contributed by atoms with E-state index in [1.807, 2.05) is 13.8 Å². The number of carbonyl (C=O) groups is 2. The third kappa shape index (κ3) is 8.10. The molecule has 0 radical (unpaired) electrons. The van der Waals surface area contributed by atoms with Crippen molar-refractivity contribution < 1.29 is 32.1 Å². The Labute approximate surface area is 256 Å². The van der Waals surface area contributed by atoms with Gasteiger partial charge in [-0.3, -0.25) is 24.0 Å². The van der Waals surface area contributed by atoms with E-state index in [2.05, 4.69) is 5.32 Å². The average molecular weight is 629 g/mol. The molecule has 0 heterocycles. The molecule has 44 heavy (non-hydrogen) atoms. The number of carbonyl (C=O) groups excluding carboxylic acids is 2.